The first kappa shape index (κ1) is 18.2. The lowest BCUT2D eigenvalue weighted by Crippen LogP contribution is -2.35. The highest BCUT2D eigenvalue weighted by Crippen LogP contribution is 2.30. The van der Waals surface area contributed by atoms with E-state index in [-0.39, 0.29) is 24.1 Å². The number of amides is 1. The van der Waals surface area contributed by atoms with Gasteiger partial charge in [0, 0.05) is 11.6 Å². The largest absolute Gasteiger partial charge is 0.348 e. The number of rotatable bonds is 4. The molecule has 1 atom stereocenters. The highest BCUT2D eigenvalue weighted by Gasteiger charge is 2.23. The number of nitrogens with zero attached hydrogens (tertiary/aromatic N) is 2. The van der Waals surface area contributed by atoms with Crippen LogP contribution in [0.5, 0.6) is 0 Å². The van der Waals surface area contributed by atoms with Gasteiger partial charge in [0.25, 0.3) is 5.56 Å². The summed E-state index contributed by atoms with van der Waals surface area (Å²) in [5, 5.41) is 7.46. The van der Waals surface area contributed by atoms with Gasteiger partial charge in [0.1, 0.15) is 6.54 Å². The third kappa shape index (κ3) is 3.60. The van der Waals surface area contributed by atoms with Gasteiger partial charge in [-0.25, -0.2) is 4.68 Å². The van der Waals surface area contributed by atoms with Crippen molar-refractivity contribution >= 4 is 5.91 Å². The summed E-state index contributed by atoms with van der Waals surface area (Å²) in [5.74, 6) is -0.200. The Morgan fingerprint density at radius 1 is 1.11 bits per heavy atom. The molecule has 0 saturated heterocycles. The maximum Gasteiger partial charge on any atom is 0.267 e. The normalized spacial score (nSPS) is 15.3. The van der Waals surface area contributed by atoms with Crippen LogP contribution >= 0.6 is 0 Å². The molecule has 0 aliphatic heterocycles. The second-order valence-corrected chi connectivity index (χ2v) is 7.37. The summed E-state index contributed by atoms with van der Waals surface area (Å²) in [4.78, 5) is 24.8. The van der Waals surface area contributed by atoms with E-state index in [1.165, 1.54) is 27.4 Å². The van der Waals surface area contributed by atoms with E-state index in [9.17, 15) is 9.59 Å². The molecule has 1 amide bonds. The molecule has 28 heavy (non-hydrogen) atoms. The molecule has 1 N–H and O–H groups in total. The van der Waals surface area contributed by atoms with Gasteiger partial charge in [0.05, 0.1) is 11.7 Å². The summed E-state index contributed by atoms with van der Waals surface area (Å²) >= 11 is 0. The predicted octanol–water partition coefficient (Wildman–Crippen LogP) is 3.33. The quantitative estimate of drug-likeness (QED) is 0.763. The highest BCUT2D eigenvalue weighted by atomic mass is 16.2. The van der Waals surface area contributed by atoms with Gasteiger partial charge in [0.2, 0.25) is 5.91 Å². The van der Waals surface area contributed by atoms with Crippen molar-refractivity contribution in [3.05, 3.63) is 87.2 Å². The van der Waals surface area contributed by atoms with Crippen molar-refractivity contribution in [2.75, 3.05) is 0 Å². The zero-order valence-corrected chi connectivity index (χ0v) is 16.1. The molecule has 1 aliphatic rings. The molecular weight excluding hydrogens is 350 g/mol. The Kier molecular flexibility index (Phi) is 4.82. The smallest absolute Gasteiger partial charge is 0.267 e. The van der Waals surface area contributed by atoms with Gasteiger partial charge in [-0.15, -0.1) is 0 Å². The van der Waals surface area contributed by atoms with Crippen LogP contribution in [0.1, 0.15) is 34.7 Å². The molecule has 1 aliphatic carbocycles. The standard InChI is InChI=1S/C23H23N3O2/c1-15-7-8-18(13-16(15)2)20-11-12-23(28)26(25-20)14-22(27)24-21-10-9-17-5-3-4-6-19(17)21/h3-8,11-13,21H,9-10,14H2,1-2H3,(H,24,27). The topological polar surface area (TPSA) is 64.0 Å². The number of hydrogen-bond acceptors (Lipinski definition) is 3. The lowest BCUT2D eigenvalue weighted by molar-refractivity contribution is -0.122. The van der Waals surface area contributed by atoms with Gasteiger partial charge in [-0.3, -0.25) is 9.59 Å². The predicted molar refractivity (Wildman–Crippen MR) is 109 cm³/mol. The molecule has 2 aromatic carbocycles. The van der Waals surface area contributed by atoms with Gasteiger partial charge in [-0.05, 0) is 61.1 Å². The van der Waals surface area contributed by atoms with Crippen molar-refractivity contribution in [2.24, 2.45) is 0 Å². The zero-order chi connectivity index (χ0) is 19.7. The molecule has 5 nitrogen and oxygen atoms in total. The number of aryl methyl sites for hydroxylation is 3. The zero-order valence-electron chi connectivity index (χ0n) is 16.1. The number of aromatic nitrogens is 2. The summed E-state index contributed by atoms with van der Waals surface area (Å²) in [6.45, 7) is 4.01. The first-order chi connectivity index (χ1) is 13.5. The van der Waals surface area contributed by atoms with Crippen LogP contribution in [0.15, 0.2) is 59.4 Å². The number of fused-ring (bicyclic) bond motifs is 1. The SMILES string of the molecule is Cc1ccc(-c2ccc(=O)n(CC(=O)NC3CCc4ccccc43)n2)cc1C. The number of benzene rings is 2. The Bertz CT molecular complexity index is 1100. The Morgan fingerprint density at radius 3 is 2.75 bits per heavy atom. The molecule has 0 spiro atoms. The van der Waals surface area contributed by atoms with E-state index >= 15 is 0 Å². The van der Waals surface area contributed by atoms with E-state index in [0.717, 1.165) is 24.0 Å². The minimum absolute atomic E-state index is 0.00216. The lowest BCUT2D eigenvalue weighted by atomic mass is 10.0. The summed E-state index contributed by atoms with van der Waals surface area (Å²) in [5.41, 5.74) is 6.14. The fourth-order valence-corrected chi connectivity index (χ4v) is 3.70. The summed E-state index contributed by atoms with van der Waals surface area (Å²) in [7, 11) is 0. The van der Waals surface area contributed by atoms with Crippen molar-refractivity contribution in [1.29, 1.82) is 0 Å². The fourth-order valence-electron chi connectivity index (χ4n) is 3.70. The van der Waals surface area contributed by atoms with Crippen LogP contribution in [0.3, 0.4) is 0 Å². The minimum Gasteiger partial charge on any atom is -0.348 e. The van der Waals surface area contributed by atoms with Crippen molar-refractivity contribution in [3.8, 4) is 11.3 Å². The number of nitrogens with one attached hydrogen (secondary N) is 1. The number of carbonyl (C=O) groups is 1. The van der Waals surface area contributed by atoms with Crippen LogP contribution in [-0.2, 0) is 17.8 Å². The lowest BCUT2D eigenvalue weighted by Gasteiger charge is -2.15. The van der Waals surface area contributed by atoms with Crippen LogP contribution in [0.4, 0.5) is 0 Å². The van der Waals surface area contributed by atoms with E-state index in [2.05, 4.69) is 29.5 Å². The second kappa shape index (κ2) is 7.43. The first-order valence-corrected chi connectivity index (χ1v) is 9.54. The van der Waals surface area contributed by atoms with E-state index in [1.807, 2.05) is 37.3 Å². The van der Waals surface area contributed by atoms with Gasteiger partial charge < -0.3 is 5.32 Å². The molecule has 0 bridgehead atoms. The molecule has 3 aromatic rings. The van der Waals surface area contributed by atoms with Crippen LogP contribution < -0.4 is 10.9 Å². The van der Waals surface area contributed by atoms with Crippen molar-refractivity contribution in [3.63, 3.8) is 0 Å². The Labute approximate surface area is 164 Å². The minimum atomic E-state index is -0.283. The van der Waals surface area contributed by atoms with Crippen LogP contribution in [0.25, 0.3) is 11.3 Å². The third-order valence-corrected chi connectivity index (χ3v) is 5.43. The third-order valence-electron chi connectivity index (χ3n) is 5.43. The number of carbonyl (C=O) groups excluding carboxylic acids is 1. The maximum atomic E-state index is 12.6. The molecule has 1 heterocycles. The monoisotopic (exact) mass is 373 g/mol. The molecule has 142 valence electrons. The Morgan fingerprint density at radius 2 is 1.93 bits per heavy atom. The van der Waals surface area contributed by atoms with Gasteiger partial charge >= 0.3 is 0 Å². The van der Waals surface area contributed by atoms with E-state index < -0.39 is 0 Å². The molecule has 1 aromatic heterocycles. The van der Waals surface area contributed by atoms with Gasteiger partial charge in [0.15, 0.2) is 0 Å². The number of hydrogen-bond donors (Lipinski definition) is 1. The van der Waals surface area contributed by atoms with Gasteiger partial charge in [-0.1, -0.05) is 36.4 Å². The molecule has 0 saturated carbocycles. The summed E-state index contributed by atoms with van der Waals surface area (Å²) < 4.78 is 1.24. The van der Waals surface area contributed by atoms with Crippen LogP contribution in [0.2, 0.25) is 0 Å². The van der Waals surface area contributed by atoms with E-state index in [0.29, 0.717) is 5.69 Å². The van der Waals surface area contributed by atoms with Crippen LogP contribution in [-0.4, -0.2) is 15.7 Å². The molecule has 5 heteroatoms. The highest BCUT2D eigenvalue weighted by molar-refractivity contribution is 5.76. The molecule has 1 unspecified atom stereocenters. The molecule has 4 rings (SSSR count). The summed E-state index contributed by atoms with van der Waals surface area (Å²) in [6, 6.07) is 17.4. The van der Waals surface area contributed by atoms with Crippen molar-refractivity contribution in [2.45, 2.75) is 39.3 Å². The van der Waals surface area contributed by atoms with E-state index in [4.69, 9.17) is 0 Å². The first-order valence-electron chi connectivity index (χ1n) is 9.54. The fraction of sp³-hybridized carbons (Fsp3) is 0.261. The van der Waals surface area contributed by atoms with Crippen molar-refractivity contribution in [1.82, 2.24) is 15.1 Å². The summed E-state index contributed by atoms with van der Waals surface area (Å²) in [6.07, 6.45) is 1.84. The Balaban J connectivity index is 1.52. The second-order valence-electron chi connectivity index (χ2n) is 7.37. The Hall–Kier alpha value is -3.21. The molecular formula is C23H23N3O2. The van der Waals surface area contributed by atoms with Crippen molar-refractivity contribution < 1.29 is 4.79 Å². The average molecular weight is 373 g/mol. The average Bonchev–Trinajstić information content (AvgIpc) is 3.09. The van der Waals surface area contributed by atoms with Crippen LogP contribution in [0, 0.1) is 13.8 Å². The maximum absolute atomic E-state index is 12.6. The van der Waals surface area contributed by atoms with E-state index in [1.54, 1.807) is 6.07 Å². The molecule has 0 fully saturated rings. The van der Waals surface area contributed by atoms with Gasteiger partial charge in [-0.2, -0.15) is 5.10 Å². The molecule has 0 radical (unpaired) electrons.